The van der Waals surface area contributed by atoms with E-state index in [1.807, 2.05) is 0 Å². The van der Waals surface area contributed by atoms with Crippen LogP contribution in [0.4, 0.5) is 13.2 Å². The smallest absolute Gasteiger partial charge is 0.389 e. The van der Waals surface area contributed by atoms with Gasteiger partial charge in [-0.1, -0.05) is 6.07 Å². The van der Waals surface area contributed by atoms with Gasteiger partial charge in [0.15, 0.2) is 11.5 Å². The molecule has 0 amide bonds. The number of aliphatic hydroxyl groups is 1. The maximum atomic E-state index is 12.4. The first-order valence-corrected chi connectivity index (χ1v) is 5.15. The number of aliphatic hydroxyl groups excluding tert-OH is 1. The van der Waals surface area contributed by atoms with Crippen LogP contribution in [0.5, 0.6) is 0 Å². The molecule has 1 atom stereocenters. The molecule has 0 aliphatic rings. The first kappa shape index (κ1) is 12.6. The van der Waals surface area contributed by atoms with Crippen molar-refractivity contribution in [1.29, 1.82) is 0 Å². The second kappa shape index (κ2) is 4.41. The summed E-state index contributed by atoms with van der Waals surface area (Å²) in [6.45, 7) is 1.58. The molecule has 4 nitrogen and oxygen atoms in total. The minimum absolute atomic E-state index is 0.259. The van der Waals surface area contributed by atoms with Crippen LogP contribution in [-0.2, 0) is 6.18 Å². The van der Waals surface area contributed by atoms with Crippen molar-refractivity contribution < 1.29 is 18.3 Å². The van der Waals surface area contributed by atoms with Crippen LogP contribution in [0, 0.1) is 0 Å². The van der Waals surface area contributed by atoms with Crippen LogP contribution >= 0.6 is 0 Å². The Hall–Kier alpha value is -1.89. The summed E-state index contributed by atoms with van der Waals surface area (Å²) in [6.07, 6.45) is -2.55. The molecule has 0 aliphatic heterocycles. The van der Waals surface area contributed by atoms with Gasteiger partial charge in [0.2, 0.25) is 0 Å². The van der Waals surface area contributed by atoms with Gasteiger partial charge < -0.3 is 5.11 Å². The molecule has 2 heterocycles. The molecule has 7 heteroatoms. The topological polar surface area (TPSA) is 50.9 Å². The van der Waals surface area contributed by atoms with E-state index < -0.39 is 18.0 Å². The van der Waals surface area contributed by atoms with Crippen LogP contribution in [0.3, 0.4) is 0 Å². The average molecular weight is 257 g/mol. The highest BCUT2D eigenvalue weighted by atomic mass is 19.4. The quantitative estimate of drug-likeness (QED) is 0.898. The molecular weight excluding hydrogens is 247 g/mol. The molecule has 0 bridgehead atoms. The Bertz CT molecular complexity index is 531. The Kier molecular flexibility index (Phi) is 3.08. The molecular formula is C11H10F3N3O. The largest absolute Gasteiger partial charge is 0.435 e. The number of nitrogens with zero attached hydrogens (tertiary/aromatic N) is 3. The Labute approximate surface area is 101 Å². The first-order chi connectivity index (χ1) is 8.38. The van der Waals surface area contributed by atoms with Gasteiger partial charge in [-0.3, -0.25) is 0 Å². The lowest BCUT2D eigenvalue weighted by atomic mass is 10.2. The zero-order valence-corrected chi connectivity index (χ0v) is 9.39. The number of alkyl halides is 3. The van der Waals surface area contributed by atoms with Crippen LogP contribution in [0.1, 0.15) is 24.3 Å². The predicted molar refractivity (Wildman–Crippen MR) is 57.0 cm³/mol. The molecule has 2 aromatic rings. The van der Waals surface area contributed by atoms with Gasteiger partial charge in [0.25, 0.3) is 0 Å². The molecule has 2 aromatic heterocycles. The van der Waals surface area contributed by atoms with Gasteiger partial charge in [-0.25, -0.2) is 9.67 Å². The third-order valence-corrected chi connectivity index (χ3v) is 2.37. The maximum Gasteiger partial charge on any atom is 0.435 e. The van der Waals surface area contributed by atoms with Crippen molar-refractivity contribution in [2.24, 2.45) is 0 Å². The highest BCUT2D eigenvalue weighted by Gasteiger charge is 2.33. The fourth-order valence-corrected chi connectivity index (χ4v) is 1.38. The Morgan fingerprint density at radius 1 is 1.28 bits per heavy atom. The van der Waals surface area contributed by atoms with Gasteiger partial charge in [-0.05, 0) is 24.6 Å². The molecule has 0 saturated heterocycles. The molecule has 0 saturated carbocycles. The standard InChI is InChI=1S/C11H10F3N3O/c1-7(18)8-2-3-10(15-6-8)17-5-4-9(16-17)11(12,13)14/h2-7,18H,1H3/t7-/m1/s1. The van der Waals surface area contributed by atoms with E-state index in [4.69, 9.17) is 0 Å². The fourth-order valence-electron chi connectivity index (χ4n) is 1.38. The zero-order valence-electron chi connectivity index (χ0n) is 9.39. The lowest BCUT2D eigenvalue weighted by Crippen LogP contribution is -2.07. The molecule has 96 valence electrons. The number of aromatic nitrogens is 3. The van der Waals surface area contributed by atoms with E-state index in [0.717, 1.165) is 10.7 Å². The van der Waals surface area contributed by atoms with Crippen molar-refractivity contribution in [3.05, 3.63) is 41.9 Å². The number of hydrogen-bond acceptors (Lipinski definition) is 3. The third kappa shape index (κ3) is 2.51. The third-order valence-electron chi connectivity index (χ3n) is 2.37. The second-order valence-corrected chi connectivity index (χ2v) is 3.77. The Morgan fingerprint density at radius 2 is 2.00 bits per heavy atom. The van der Waals surface area contributed by atoms with Crippen molar-refractivity contribution in [1.82, 2.24) is 14.8 Å². The van der Waals surface area contributed by atoms with Crippen LogP contribution in [0.15, 0.2) is 30.6 Å². The van der Waals surface area contributed by atoms with Gasteiger partial charge >= 0.3 is 6.18 Å². The van der Waals surface area contributed by atoms with Crippen molar-refractivity contribution in [3.8, 4) is 5.82 Å². The molecule has 1 N–H and O–H groups in total. The van der Waals surface area contributed by atoms with Crippen LogP contribution in [0.25, 0.3) is 5.82 Å². The van der Waals surface area contributed by atoms with Crippen molar-refractivity contribution >= 4 is 0 Å². The summed E-state index contributed by atoms with van der Waals surface area (Å²) in [4.78, 5) is 3.94. The molecule has 18 heavy (non-hydrogen) atoms. The van der Waals surface area contributed by atoms with Gasteiger partial charge in [0, 0.05) is 12.4 Å². The highest BCUT2D eigenvalue weighted by Crippen LogP contribution is 2.27. The van der Waals surface area contributed by atoms with Crippen LogP contribution < -0.4 is 0 Å². The average Bonchev–Trinajstić information content (AvgIpc) is 2.78. The Balaban J connectivity index is 2.29. The van der Waals surface area contributed by atoms with Gasteiger partial charge in [0.05, 0.1) is 6.10 Å². The summed E-state index contributed by atoms with van der Waals surface area (Å²) in [5.41, 5.74) is -0.383. The summed E-state index contributed by atoms with van der Waals surface area (Å²) in [7, 11) is 0. The fraction of sp³-hybridized carbons (Fsp3) is 0.273. The maximum absolute atomic E-state index is 12.4. The number of pyridine rings is 1. The summed E-state index contributed by atoms with van der Waals surface area (Å²) in [5.74, 6) is 0.259. The lowest BCUT2D eigenvalue weighted by Gasteiger charge is -2.05. The Morgan fingerprint density at radius 3 is 2.44 bits per heavy atom. The number of hydrogen-bond donors (Lipinski definition) is 1. The van der Waals surface area contributed by atoms with E-state index in [1.165, 1.54) is 18.5 Å². The van der Waals surface area contributed by atoms with Gasteiger partial charge in [-0.2, -0.15) is 18.3 Å². The van der Waals surface area contributed by atoms with E-state index >= 15 is 0 Å². The molecule has 0 spiro atoms. The minimum atomic E-state index is -4.47. The van der Waals surface area contributed by atoms with Crippen molar-refractivity contribution in [2.75, 3.05) is 0 Å². The molecule has 0 aromatic carbocycles. The van der Waals surface area contributed by atoms with E-state index in [0.29, 0.717) is 5.56 Å². The van der Waals surface area contributed by atoms with Gasteiger partial charge in [0.1, 0.15) is 0 Å². The molecule has 0 unspecified atom stereocenters. The summed E-state index contributed by atoms with van der Waals surface area (Å²) < 4.78 is 38.1. The zero-order chi connectivity index (χ0) is 13.3. The normalized spacial score (nSPS) is 13.6. The number of halogens is 3. The van der Waals surface area contributed by atoms with Crippen LogP contribution in [-0.4, -0.2) is 19.9 Å². The molecule has 2 rings (SSSR count). The van der Waals surface area contributed by atoms with Crippen molar-refractivity contribution in [2.45, 2.75) is 19.2 Å². The predicted octanol–water partition coefficient (Wildman–Crippen LogP) is 2.34. The van der Waals surface area contributed by atoms with E-state index in [-0.39, 0.29) is 5.82 Å². The second-order valence-electron chi connectivity index (χ2n) is 3.77. The number of rotatable bonds is 2. The summed E-state index contributed by atoms with van der Waals surface area (Å²) in [6, 6.07) is 3.96. The van der Waals surface area contributed by atoms with Gasteiger partial charge in [-0.15, -0.1) is 0 Å². The monoisotopic (exact) mass is 257 g/mol. The molecule has 0 radical (unpaired) electrons. The van der Waals surface area contributed by atoms with Crippen molar-refractivity contribution in [3.63, 3.8) is 0 Å². The summed E-state index contributed by atoms with van der Waals surface area (Å²) in [5, 5.41) is 12.7. The van der Waals surface area contributed by atoms with E-state index in [9.17, 15) is 18.3 Å². The first-order valence-electron chi connectivity index (χ1n) is 5.15. The minimum Gasteiger partial charge on any atom is -0.389 e. The molecule has 0 aliphatic carbocycles. The molecule has 0 fully saturated rings. The lowest BCUT2D eigenvalue weighted by molar-refractivity contribution is -0.141. The summed E-state index contributed by atoms with van der Waals surface area (Å²) >= 11 is 0. The van der Waals surface area contributed by atoms with E-state index in [2.05, 4.69) is 10.1 Å². The highest BCUT2D eigenvalue weighted by molar-refractivity contribution is 5.26. The van der Waals surface area contributed by atoms with E-state index in [1.54, 1.807) is 13.0 Å². The SMILES string of the molecule is C[C@@H](O)c1ccc(-n2ccc(C(F)(F)F)n2)nc1. The van der Waals surface area contributed by atoms with Crippen LogP contribution in [0.2, 0.25) is 0 Å².